The fourth-order valence-corrected chi connectivity index (χ4v) is 1.73. The summed E-state index contributed by atoms with van der Waals surface area (Å²) in [6.45, 7) is 0.605. The van der Waals surface area contributed by atoms with Gasteiger partial charge in [-0.1, -0.05) is 12.1 Å². The predicted molar refractivity (Wildman–Crippen MR) is 79.2 cm³/mol. The van der Waals surface area contributed by atoms with E-state index >= 15 is 0 Å². The molecule has 9 nitrogen and oxygen atoms in total. The molecule has 120 valence electrons. The summed E-state index contributed by atoms with van der Waals surface area (Å²) in [6.07, 6.45) is 0. The van der Waals surface area contributed by atoms with Crippen LogP contribution in [-0.4, -0.2) is 32.1 Å². The molecule has 9 heteroatoms. The summed E-state index contributed by atoms with van der Waals surface area (Å²) >= 11 is 0. The highest BCUT2D eigenvalue weighted by Crippen LogP contribution is 2.00. The lowest BCUT2D eigenvalue weighted by Gasteiger charge is -2.08. The number of hydrogen-bond acceptors (Lipinski definition) is 7. The lowest BCUT2D eigenvalue weighted by atomic mass is 10.3. The summed E-state index contributed by atoms with van der Waals surface area (Å²) in [5.74, 6) is -2.16. The van der Waals surface area contributed by atoms with Gasteiger partial charge in [-0.15, -0.1) is 0 Å². The van der Waals surface area contributed by atoms with Crippen molar-refractivity contribution in [1.82, 2.24) is 26.4 Å². The molecule has 0 saturated carbocycles. The molecule has 0 saturated heterocycles. The summed E-state index contributed by atoms with van der Waals surface area (Å²) in [7, 11) is 0. The standard InChI is InChI=1S/C14H15N5O4/c20-13(21)11-5-1-3-9(17-11)7-15-19-16-8-10-4-2-6-12(18-10)14(22)23/h1-6,15-16,19H,7-8H2,(H,20,21)(H,22,23). The first kappa shape index (κ1) is 16.5. The van der Waals surface area contributed by atoms with Crippen LogP contribution in [0.3, 0.4) is 0 Å². The predicted octanol–water partition coefficient (Wildman–Crippen LogP) is 0.172. The van der Waals surface area contributed by atoms with E-state index in [9.17, 15) is 9.59 Å². The zero-order chi connectivity index (χ0) is 16.7. The van der Waals surface area contributed by atoms with Gasteiger partial charge in [0.1, 0.15) is 11.4 Å². The minimum Gasteiger partial charge on any atom is -0.477 e. The molecule has 0 aliphatic heterocycles. The number of aromatic carboxylic acids is 2. The Morgan fingerprint density at radius 2 is 1.26 bits per heavy atom. The molecule has 0 bridgehead atoms. The summed E-state index contributed by atoms with van der Waals surface area (Å²) in [4.78, 5) is 29.5. The van der Waals surface area contributed by atoms with Crippen LogP contribution in [0.5, 0.6) is 0 Å². The second kappa shape index (κ2) is 7.94. The van der Waals surface area contributed by atoms with Crippen LogP contribution >= 0.6 is 0 Å². The minimum absolute atomic E-state index is 0.0213. The minimum atomic E-state index is -1.08. The van der Waals surface area contributed by atoms with Gasteiger partial charge < -0.3 is 10.2 Å². The van der Waals surface area contributed by atoms with Crippen molar-refractivity contribution in [3.05, 3.63) is 59.2 Å². The molecule has 23 heavy (non-hydrogen) atoms. The Morgan fingerprint density at radius 3 is 1.65 bits per heavy atom. The summed E-state index contributed by atoms with van der Waals surface area (Å²) in [6, 6.07) is 9.44. The lowest BCUT2D eigenvalue weighted by Crippen LogP contribution is -2.42. The Balaban J connectivity index is 1.76. The van der Waals surface area contributed by atoms with Crippen LogP contribution in [0.1, 0.15) is 32.4 Å². The molecule has 0 fully saturated rings. The first-order chi connectivity index (χ1) is 11.1. The van der Waals surface area contributed by atoms with E-state index in [0.717, 1.165) is 0 Å². The number of carboxylic acids is 2. The first-order valence-electron chi connectivity index (χ1n) is 6.65. The lowest BCUT2D eigenvalue weighted by molar-refractivity contribution is 0.0679. The van der Waals surface area contributed by atoms with E-state index in [4.69, 9.17) is 10.2 Å². The molecule has 0 aliphatic rings. The monoisotopic (exact) mass is 317 g/mol. The topological polar surface area (TPSA) is 136 Å². The Bertz CT molecular complexity index is 648. The van der Waals surface area contributed by atoms with Gasteiger partial charge in [-0.2, -0.15) is 5.53 Å². The van der Waals surface area contributed by atoms with Gasteiger partial charge >= 0.3 is 11.9 Å². The van der Waals surface area contributed by atoms with Crippen LogP contribution < -0.4 is 16.4 Å². The quantitative estimate of drug-likeness (QED) is 0.341. The number of nitrogens with zero attached hydrogens (tertiary/aromatic N) is 2. The Hall–Kier alpha value is -2.88. The van der Waals surface area contributed by atoms with E-state index in [1.165, 1.54) is 12.1 Å². The van der Waals surface area contributed by atoms with Crippen molar-refractivity contribution in [2.75, 3.05) is 0 Å². The van der Waals surface area contributed by atoms with Crippen LogP contribution in [0.2, 0.25) is 0 Å². The molecule has 0 spiro atoms. The largest absolute Gasteiger partial charge is 0.477 e. The Labute approximate surface area is 131 Å². The molecule has 0 amide bonds. The van der Waals surface area contributed by atoms with Crippen molar-refractivity contribution in [3.63, 3.8) is 0 Å². The third-order valence-corrected chi connectivity index (χ3v) is 2.77. The number of carbonyl (C=O) groups is 2. The van der Waals surface area contributed by atoms with E-state index in [-0.39, 0.29) is 11.4 Å². The van der Waals surface area contributed by atoms with E-state index in [2.05, 4.69) is 26.4 Å². The SMILES string of the molecule is O=C(O)c1cccc(CNNNCc2cccc(C(=O)O)n2)n1. The summed E-state index contributed by atoms with van der Waals surface area (Å²) in [5, 5.41) is 17.7. The van der Waals surface area contributed by atoms with Crippen molar-refractivity contribution in [1.29, 1.82) is 0 Å². The highest BCUT2D eigenvalue weighted by molar-refractivity contribution is 5.85. The molecule has 2 aromatic heterocycles. The number of nitrogens with one attached hydrogen (secondary N) is 3. The number of hydrogen-bond donors (Lipinski definition) is 5. The van der Waals surface area contributed by atoms with Gasteiger partial charge in [0.15, 0.2) is 0 Å². The maximum atomic E-state index is 10.8. The molecule has 0 radical (unpaired) electrons. The summed E-state index contributed by atoms with van der Waals surface area (Å²) < 4.78 is 0. The van der Waals surface area contributed by atoms with Gasteiger partial charge in [-0.25, -0.2) is 30.4 Å². The molecule has 0 aromatic carbocycles. The molecular weight excluding hydrogens is 302 g/mol. The fourth-order valence-electron chi connectivity index (χ4n) is 1.73. The molecule has 0 atom stereocenters. The Kier molecular flexibility index (Phi) is 5.69. The second-order valence-corrected chi connectivity index (χ2v) is 4.47. The van der Waals surface area contributed by atoms with Gasteiger partial charge in [0.05, 0.1) is 24.5 Å². The van der Waals surface area contributed by atoms with E-state index in [1.807, 2.05) is 0 Å². The molecular formula is C14H15N5O4. The maximum Gasteiger partial charge on any atom is 0.354 e. The van der Waals surface area contributed by atoms with Gasteiger partial charge in [0.25, 0.3) is 0 Å². The maximum absolute atomic E-state index is 10.8. The van der Waals surface area contributed by atoms with Crippen LogP contribution in [0, 0.1) is 0 Å². The zero-order valence-corrected chi connectivity index (χ0v) is 12.0. The summed E-state index contributed by atoms with van der Waals surface area (Å²) in [5.41, 5.74) is 9.41. The average molecular weight is 317 g/mol. The third kappa shape index (κ3) is 5.11. The van der Waals surface area contributed by atoms with Crippen LogP contribution in [-0.2, 0) is 13.1 Å². The van der Waals surface area contributed by atoms with E-state index < -0.39 is 11.9 Å². The van der Waals surface area contributed by atoms with Gasteiger partial charge in [-0.05, 0) is 24.3 Å². The van der Waals surface area contributed by atoms with Crippen molar-refractivity contribution in [2.24, 2.45) is 0 Å². The first-order valence-corrected chi connectivity index (χ1v) is 6.65. The van der Waals surface area contributed by atoms with Crippen molar-refractivity contribution in [3.8, 4) is 0 Å². The highest BCUT2D eigenvalue weighted by atomic mass is 16.4. The average Bonchev–Trinajstić information content (AvgIpc) is 2.55. The molecule has 2 aromatic rings. The van der Waals surface area contributed by atoms with Crippen molar-refractivity contribution < 1.29 is 19.8 Å². The van der Waals surface area contributed by atoms with Crippen LogP contribution in [0.15, 0.2) is 36.4 Å². The highest BCUT2D eigenvalue weighted by Gasteiger charge is 2.05. The number of carboxylic acid groups (broad SMARTS) is 2. The number of aromatic nitrogens is 2. The smallest absolute Gasteiger partial charge is 0.354 e. The van der Waals surface area contributed by atoms with Crippen molar-refractivity contribution >= 4 is 11.9 Å². The van der Waals surface area contributed by atoms with Crippen LogP contribution in [0.4, 0.5) is 0 Å². The van der Waals surface area contributed by atoms with E-state index in [1.54, 1.807) is 24.3 Å². The number of rotatable bonds is 8. The molecule has 0 aliphatic carbocycles. The number of hydrazine groups is 2. The fraction of sp³-hybridized carbons (Fsp3) is 0.143. The van der Waals surface area contributed by atoms with Crippen LogP contribution in [0.25, 0.3) is 0 Å². The van der Waals surface area contributed by atoms with Gasteiger partial charge in [0.2, 0.25) is 0 Å². The molecule has 2 rings (SSSR count). The van der Waals surface area contributed by atoms with E-state index in [0.29, 0.717) is 24.5 Å². The zero-order valence-electron chi connectivity index (χ0n) is 12.0. The number of pyridine rings is 2. The van der Waals surface area contributed by atoms with Gasteiger partial charge in [0, 0.05) is 0 Å². The normalized spacial score (nSPS) is 10.4. The molecule has 5 N–H and O–H groups in total. The molecule has 2 heterocycles. The molecule has 0 unspecified atom stereocenters. The Morgan fingerprint density at radius 1 is 0.826 bits per heavy atom. The third-order valence-electron chi connectivity index (χ3n) is 2.77. The van der Waals surface area contributed by atoms with Gasteiger partial charge in [-0.3, -0.25) is 0 Å². The second-order valence-electron chi connectivity index (χ2n) is 4.47. The van der Waals surface area contributed by atoms with Crippen molar-refractivity contribution in [2.45, 2.75) is 13.1 Å².